The Kier molecular flexibility index (Phi) is 6.11. The second-order valence-electron chi connectivity index (χ2n) is 5.69. The van der Waals surface area contributed by atoms with Crippen LogP contribution in [0.25, 0.3) is 0 Å². The predicted molar refractivity (Wildman–Crippen MR) is 102 cm³/mol. The van der Waals surface area contributed by atoms with Gasteiger partial charge < -0.3 is 5.11 Å². The van der Waals surface area contributed by atoms with E-state index in [1.165, 1.54) is 49.1 Å². The molecule has 0 atom stereocenters. The van der Waals surface area contributed by atoms with Crippen LogP contribution >= 0.6 is 12.2 Å². The molecule has 0 saturated heterocycles. The molecule has 0 fully saturated rings. The first-order valence-corrected chi connectivity index (χ1v) is 9.66. The van der Waals surface area contributed by atoms with Gasteiger partial charge in [-0.1, -0.05) is 6.92 Å². The van der Waals surface area contributed by atoms with E-state index < -0.39 is 15.6 Å². The second-order valence-corrected chi connectivity index (χ2v) is 8.23. The first kappa shape index (κ1) is 20.0. The fourth-order valence-electron chi connectivity index (χ4n) is 2.18. The molecular formula is C16H20N4O4S2. The van der Waals surface area contributed by atoms with Crippen LogP contribution < -0.4 is 5.56 Å². The Bertz CT molecular complexity index is 1040. The molecule has 8 nitrogen and oxygen atoms in total. The third kappa shape index (κ3) is 4.09. The molecule has 0 spiro atoms. The van der Waals surface area contributed by atoms with Crippen LogP contribution in [0, 0.1) is 4.77 Å². The minimum absolute atomic E-state index is 0.0166. The number of H-pyrrole nitrogens is 1. The minimum Gasteiger partial charge on any atom is -0.494 e. The quantitative estimate of drug-likeness (QED) is 0.574. The first-order chi connectivity index (χ1) is 12.2. The molecule has 2 rings (SSSR count). The van der Waals surface area contributed by atoms with E-state index >= 15 is 0 Å². The lowest BCUT2D eigenvalue weighted by Crippen LogP contribution is -2.22. The van der Waals surface area contributed by atoms with E-state index in [4.69, 9.17) is 12.2 Å². The highest BCUT2D eigenvalue weighted by Gasteiger charge is 2.16. The molecule has 1 aromatic carbocycles. The molecular weight excluding hydrogens is 376 g/mol. The van der Waals surface area contributed by atoms with Gasteiger partial charge in [0.2, 0.25) is 15.9 Å². The molecule has 1 heterocycles. The number of hydrogen-bond acceptors (Lipinski definition) is 6. The third-order valence-electron chi connectivity index (χ3n) is 3.61. The number of rotatable bonds is 6. The van der Waals surface area contributed by atoms with Crippen LogP contribution in [-0.4, -0.2) is 47.7 Å². The van der Waals surface area contributed by atoms with E-state index in [2.05, 4.69) is 9.98 Å². The number of aromatic hydroxyl groups is 1. The highest BCUT2D eigenvalue weighted by atomic mass is 32.2. The number of sulfonamides is 1. The lowest BCUT2D eigenvalue weighted by atomic mass is 10.3. The Hall–Kier alpha value is -2.30. The normalized spacial score (nSPS) is 12.2. The van der Waals surface area contributed by atoms with Crippen molar-refractivity contribution < 1.29 is 13.5 Å². The SMILES string of the molecule is CCCn1c(O)c(C=Nc2ccc(S(=O)(=O)N(C)C)cc2)c(=O)[nH]c1=S. The lowest BCUT2D eigenvalue weighted by molar-refractivity contribution is 0.402. The maximum Gasteiger partial charge on any atom is 0.264 e. The smallest absolute Gasteiger partial charge is 0.264 e. The number of benzene rings is 1. The monoisotopic (exact) mass is 396 g/mol. The van der Waals surface area contributed by atoms with Crippen molar-refractivity contribution in [3.05, 3.63) is 45.0 Å². The molecule has 140 valence electrons. The van der Waals surface area contributed by atoms with E-state index in [-0.39, 0.29) is 21.1 Å². The van der Waals surface area contributed by atoms with Gasteiger partial charge in [0.15, 0.2) is 4.77 Å². The standard InChI is InChI=1S/C16H20N4O4S2/c1-4-9-20-15(22)13(14(21)18-16(20)25)10-17-11-5-7-12(8-6-11)26(23,24)19(2)3/h5-8,10,22H,4,9H2,1-3H3,(H,18,21,25). The number of nitrogens with one attached hydrogen (secondary N) is 1. The minimum atomic E-state index is -3.52. The van der Waals surface area contributed by atoms with Gasteiger partial charge in [-0.05, 0) is 42.9 Å². The van der Waals surface area contributed by atoms with Gasteiger partial charge in [-0.2, -0.15) is 0 Å². The predicted octanol–water partition coefficient (Wildman–Crippen LogP) is 2.02. The number of nitrogens with zero attached hydrogens (tertiary/aromatic N) is 3. The Balaban J connectivity index is 2.38. The maximum atomic E-state index is 12.0. The van der Waals surface area contributed by atoms with E-state index in [1.807, 2.05) is 6.92 Å². The summed E-state index contributed by atoms with van der Waals surface area (Å²) in [6, 6.07) is 5.88. The van der Waals surface area contributed by atoms with Gasteiger partial charge in [0.1, 0.15) is 5.56 Å². The van der Waals surface area contributed by atoms with Gasteiger partial charge in [0, 0.05) is 26.9 Å². The summed E-state index contributed by atoms with van der Waals surface area (Å²) in [5.74, 6) is -0.254. The topological polar surface area (TPSA) is 108 Å². The number of aromatic amines is 1. The molecule has 0 amide bonds. The van der Waals surface area contributed by atoms with Crippen molar-refractivity contribution in [1.29, 1.82) is 0 Å². The Labute approximate surface area is 156 Å². The zero-order valence-electron chi connectivity index (χ0n) is 14.6. The summed E-state index contributed by atoms with van der Waals surface area (Å²) in [6.45, 7) is 2.38. The van der Waals surface area contributed by atoms with Crippen LogP contribution in [0.3, 0.4) is 0 Å². The Morgan fingerprint density at radius 3 is 2.46 bits per heavy atom. The van der Waals surface area contributed by atoms with Crippen LogP contribution in [0.15, 0.2) is 38.9 Å². The maximum absolute atomic E-state index is 12.0. The lowest BCUT2D eigenvalue weighted by Gasteiger charge is -2.11. The first-order valence-electron chi connectivity index (χ1n) is 7.81. The molecule has 0 radical (unpaired) electrons. The molecule has 0 aliphatic heterocycles. The van der Waals surface area contributed by atoms with Gasteiger partial charge >= 0.3 is 0 Å². The van der Waals surface area contributed by atoms with Gasteiger partial charge in [-0.25, -0.2) is 12.7 Å². The van der Waals surface area contributed by atoms with Crippen molar-refractivity contribution >= 4 is 34.1 Å². The molecule has 0 unspecified atom stereocenters. The summed E-state index contributed by atoms with van der Waals surface area (Å²) in [5, 5.41) is 10.3. The highest BCUT2D eigenvalue weighted by molar-refractivity contribution is 7.89. The third-order valence-corrected chi connectivity index (χ3v) is 5.76. The van der Waals surface area contributed by atoms with Gasteiger partial charge in [0.25, 0.3) is 5.56 Å². The van der Waals surface area contributed by atoms with Gasteiger partial charge in [0.05, 0.1) is 10.6 Å². The Morgan fingerprint density at radius 1 is 1.31 bits per heavy atom. The fourth-order valence-corrected chi connectivity index (χ4v) is 3.35. The molecule has 2 aromatic rings. The summed E-state index contributed by atoms with van der Waals surface area (Å²) in [7, 11) is -0.621. The average molecular weight is 396 g/mol. The fraction of sp³-hybridized carbons (Fsp3) is 0.312. The molecule has 26 heavy (non-hydrogen) atoms. The summed E-state index contributed by atoms with van der Waals surface area (Å²) in [4.78, 5) is 18.8. The summed E-state index contributed by atoms with van der Waals surface area (Å²) < 4.78 is 26.8. The molecule has 0 saturated carbocycles. The molecule has 10 heteroatoms. The van der Waals surface area contributed by atoms with Crippen molar-refractivity contribution in [2.45, 2.75) is 24.8 Å². The van der Waals surface area contributed by atoms with E-state index in [0.29, 0.717) is 12.2 Å². The largest absolute Gasteiger partial charge is 0.494 e. The van der Waals surface area contributed by atoms with Crippen LogP contribution in [0.2, 0.25) is 0 Å². The molecule has 0 bridgehead atoms. The second kappa shape index (κ2) is 7.94. The molecule has 2 N–H and O–H groups in total. The van der Waals surface area contributed by atoms with E-state index in [9.17, 15) is 18.3 Å². The van der Waals surface area contributed by atoms with Gasteiger partial charge in [-0.3, -0.25) is 19.3 Å². The van der Waals surface area contributed by atoms with Crippen molar-refractivity contribution in [1.82, 2.24) is 13.9 Å². The van der Waals surface area contributed by atoms with Crippen molar-refractivity contribution in [2.75, 3.05) is 14.1 Å². The average Bonchev–Trinajstić information content (AvgIpc) is 2.58. The summed E-state index contributed by atoms with van der Waals surface area (Å²) in [6.07, 6.45) is 1.96. The summed E-state index contributed by atoms with van der Waals surface area (Å²) >= 11 is 5.04. The molecule has 0 aliphatic carbocycles. The zero-order valence-corrected chi connectivity index (χ0v) is 16.3. The van der Waals surface area contributed by atoms with E-state index in [0.717, 1.165) is 10.7 Å². The number of aromatic nitrogens is 2. The van der Waals surface area contributed by atoms with Crippen LogP contribution in [0.5, 0.6) is 5.88 Å². The van der Waals surface area contributed by atoms with Crippen molar-refractivity contribution in [3.8, 4) is 5.88 Å². The highest BCUT2D eigenvalue weighted by Crippen LogP contribution is 2.19. The van der Waals surface area contributed by atoms with Crippen LogP contribution in [0.1, 0.15) is 18.9 Å². The number of aliphatic imine (C=N–C) groups is 1. The molecule has 0 aliphatic rings. The van der Waals surface area contributed by atoms with Gasteiger partial charge in [-0.15, -0.1) is 0 Å². The van der Waals surface area contributed by atoms with E-state index in [1.54, 1.807) is 0 Å². The van der Waals surface area contributed by atoms with Crippen molar-refractivity contribution in [3.63, 3.8) is 0 Å². The number of hydrogen-bond donors (Lipinski definition) is 2. The van der Waals surface area contributed by atoms with Crippen molar-refractivity contribution in [2.24, 2.45) is 4.99 Å². The Morgan fingerprint density at radius 2 is 1.92 bits per heavy atom. The van der Waals surface area contributed by atoms with Crippen LogP contribution in [0.4, 0.5) is 5.69 Å². The zero-order chi connectivity index (χ0) is 19.5. The van der Waals surface area contributed by atoms with Crippen LogP contribution in [-0.2, 0) is 16.6 Å². The molecule has 1 aromatic heterocycles. The summed E-state index contributed by atoms with van der Waals surface area (Å²) in [5.41, 5.74) is -0.126.